The number of hydrogen-bond donors (Lipinski definition) is 1. The molecule has 112 valence electrons. The standard InChI is InChI=1S/C13H16N4O2S2/c18-11-9-7-16(6-8-2-1-5-19-8)4-3-10(9)14-12-17(11)15-13(20)21-12/h8H,1-7H2,(H,15,20). The van der Waals surface area contributed by atoms with Crippen LogP contribution in [0.15, 0.2) is 4.79 Å². The summed E-state index contributed by atoms with van der Waals surface area (Å²) in [5, 5.41) is 2.90. The summed E-state index contributed by atoms with van der Waals surface area (Å²) < 4.78 is 7.74. The van der Waals surface area contributed by atoms with Crippen molar-refractivity contribution in [2.24, 2.45) is 0 Å². The molecule has 21 heavy (non-hydrogen) atoms. The molecule has 1 saturated heterocycles. The molecule has 2 aliphatic heterocycles. The zero-order valence-corrected chi connectivity index (χ0v) is 13.1. The molecule has 8 heteroatoms. The van der Waals surface area contributed by atoms with Gasteiger partial charge in [-0.1, -0.05) is 11.3 Å². The Kier molecular flexibility index (Phi) is 3.41. The molecular weight excluding hydrogens is 308 g/mol. The molecule has 1 fully saturated rings. The first kappa shape index (κ1) is 13.6. The van der Waals surface area contributed by atoms with Crippen LogP contribution in [0.4, 0.5) is 0 Å². The van der Waals surface area contributed by atoms with Gasteiger partial charge in [0.25, 0.3) is 5.56 Å². The lowest BCUT2D eigenvalue weighted by molar-refractivity contribution is 0.0683. The van der Waals surface area contributed by atoms with Gasteiger partial charge in [-0.05, 0) is 25.1 Å². The van der Waals surface area contributed by atoms with E-state index in [0.29, 0.717) is 21.6 Å². The number of nitrogens with one attached hydrogen (secondary N) is 1. The van der Waals surface area contributed by atoms with Gasteiger partial charge in [0.1, 0.15) is 0 Å². The molecule has 6 nitrogen and oxygen atoms in total. The van der Waals surface area contributed by atoms with E-state index in [0.717, 1.165) is 50.2 Å². The van der Waals surface area contributed by atoms with Crippen LogP contribution in [0.2, 0.25) is 0 Å². The highest BCUT2D eigenvalue weighted by Gasteiger charge is 2.25. The average Bonchev–Trinajstić information content (AvgIpc) is 3.09. The second kappa shape index (κ2) is 5.28. The Labute approximate surface area is 130 Å². The predicted molar refractivity (Wildman–Crippen MR) is 82.5 cm³/mol. The van der Waals surface area contributed by atoms with Crippen LogP contribution in [0.1, 0.15) is 24.1 Å². The van der Waals surface area contributed by atoms with E-state index >= 15 is 0 Å². The molecule has 4 rings (SSSR count). The molecule has 2 aliphatic rings. The highest BCUT2D eigenvalue weighted by atomic mass is 32.1. The number of nitrogens with zero attached hydrogens (tertiary/aromatic N) is 3. The number of aromatic nitrogens is 3. The number of H-pyrrole nitrogens is 1. The van der Waals surface area contributed by atoms with Crippen LogP contribution in [0.25, 0.3) is 4.96 Å². The minimum Gasteiger partial charge on any atom is -0.377 e. The van der Waals surface area contributed by atoms with Crippen LogP contribution in [0.3, 0.4) is 0 Å². The summed E-state index contributed by atoms with van der Waals surface area (Å²) in [5.74, 6) is 0. The zero-order chi connectivity index (χ0) is 14.4. The maximum Gasteiger partial charge on any atom is 0.278 e. The number of fused-ring (bicyclic) bond motifs is 2. The second-order valence-electron chi connectivity index (χ2n) is 5.58. The predicted octanol–water partition coefficient (Wildman–Crippen LogP) is 1.35. The van der Waals surface area contributed by atoms with E-state index in [1.54, 1.807) is 0 Å². The third-order valence-electron chi connectivity index (χ3n) is 4.15. The Morgan fingerprint density at radius 1 is 1.52 bits per heavy atom. The first-order valence-electron chi connectivity index (χ1n) is 7.18. The fraction of sp³-hybridized carbons (Fsp3) is 0.615. The van der Waals surface area contributed by atoms with Gasteiger partial charge in [-0.25, -0.2) is 4.98 Å². The van der Waals surface area contributed by atoms with E-state index in [1.807, 2.05) is 0 Å². The summed E-state index contributed by atoms with van der Waals surface area (Å²) in [4.78, 5) is 20.1. The van der Waals surface area contributed by atoms with Crippen LogP contribution in [0, 0.1) is 3.95 Å². The molecule has 0 bridgehead atoms. The SMILES string of the molecule is O=c1c2c(nc3sc(=S)[nH]n13)CCN(CC1CCCO1)C2. The smallest absolute Gasteiger partial charge is 0.278 e. The largest absolute Gasteiger partial charge is 0.377 e. The van der Waals surface area contributed by atoms with E-state index in [-0.39, 0.29) is 5.56 Å². The molecule has 1 unspecified atom stereocenters. The second-order valence-corrected chi connectivity index (χ2v) is 7.23. The lowest BCUT2D eigenvalue weighted by atomic mass is 10.1. The molecule has 0 spiro atoms. The molecule has 0 aromatic carbocycles. The van der Waals surface area contributed by atoms with Gasteiger partial charge in [0.05, 0.1) is 17.4 Å². The van der Waals surface area contributed by atoms with Crippen molar-refractivity contribution in [1.29, 1.82) is 0 Å². The van der Waals surface area contributed by atoms with Crippen LogP contribution >= 0.6 is 23.6 Å². The summed E-state index contributed by atoms with van der Waals surface area (Å²) in [6.07, 6.45) is 3.40. The lowest BCUT2D eigenvalue weighted by Crippen LogP contribution is -2.40. The molecule has 0 radical (unpaired) electrons. The van der Waals surface area contributed by atoms with Crippen molar-refractivity contribution >= 4 is 28.5 Å². The van der Waals surface area contributed by atoms with Crippen LogP contribution in [-0.4, -0.2) is 45.3 Å². The van der Waals surface area contributed by atoms with Gasteiger partial charge in [0.2, 0.25) is 4.96 Å². The fourth-order valence-electron chi connectivity index (χ4n) is 3.11. The van der Waals surface area contributed by atoms with Crippen molar-refractivity contribution in [3.8, 4) is 0 Å². The van der Waals surface area contributed by atoms with Crippen LogP contribution < -0.4 is 5.56 Å². The molecule has 0 aliphatic carbocycles. The van der Waals surface area contributed by atoms with Crippen molar-refractivity contribution in [2.75, 3.05) is 19.7 Å². The highest BCUT2D eigenvalue weighted by molar-refractivity contribution is 7.73. The Hall–Kier alpha value is -1.09. The normalized spacial score (nSPS) is 22.8. The first-order valence-corrected chi connectivity index (χ1v) is 8.41. The summed E-state index contributed by atoms with van der Waals surface area (Å²) in [5.41, 5.74) is 1.70. The van der Waals surface area contributed by atoms with Crippen molar-refractivity contribution in [3.05, 3.63) is 25.6 Å². The summed E-state index contributed by atoms with van der Waals surface area (Å²) in [6.45, 7) is 3.36. The maximum atomic E-state index is 12.6. The minimum atomic E-state index is -0.0145. The number of ether oxygens (including phenoxy) is 1. The molecular formula is C13H16N4O2S2. The first-order chi connectivity index (χ1) is 10.2. The molecule has 4 heterocycles. The highest BCUT2D eigenvalue weighted by Crippen LogP contribution is 2.19. The Bertz CT molecular complexity index is 788. The third-order valence-corrected chi connectivity index (χ3v) is 5.23. The van der Waals surface area contributed by atoms with Gasteiger partial charge in [0, 0.05) is 32.7 Å². The minimum absolute atomic E-state index is 0.0145. The van der Waals surface area contributed by atoms with E-state index in [4.69, 9.17) is 17.0 Å². The number of aromatic amines is 1. The molecule has 1 atom stereocenters. The van der Waals surface area contributed by atoms with Crippen LogP contribution in [-0.2, 0) is 17.7 Å². The Morgan fingerprint density at radius 2 is 2.43 bits per heavy atom. The van der Waals surface area contributed by atoms with Crippen LogP contribution in [0.5, 0.6) is 0 Å². The van der Waals surface area contributed by atoms with Crippen molar-refractivity contribution in [1.82, 2.24) is 19.5 Å². The summed E-state index contributed by atoms with van der Waals surface area (Å²) >= 11 is 6.45. The van der Waals surface area contributed by atoms with Gasteiger partial charge in [0.15, 0.2) is 3.95 Å². The lowest BCUT2D eigenvalue weighted by Gasteiger charge is -2.29. The molecule has 1 N–H and O–H groups in total. The summed E-state index contributed by atoms with van der Waals surface area (Å²) in [7, 11) is 0. The van der Waals surface area contributed by atoms with Crippen molar-refractivity contribution in [2.45, 2.75) is 31.9 Å². The van der Waals surface area contributed by atoms with E-state index in [1.165, 1.54) is 15.9 Å². The van der Waals surface area contributed by atoms with E-state index in [2.05, 4.69) is 15.0 Å². The van der Waals surface area contributed by atoms with E-state index < -0.39 is 0 Å². The van der Waals surface area contributed by atoms with Crippen molar-refractivity contribution in [3.63, 3.8) is 0 Å². The monoisotopic (exact) mass is 324 g/mol. The van der Waals surface area contributed by atoms with E-state index in [9.17, 15) is 4.79 Å². The third kappa shape index (κ3) is 2.46. The van der Waals surface area contributed by atoms with Crippen molar-refractivity contribution < 1.29 is 4.74 Å². The Balaban J connectivity index is 1.66. The molecule has 0 amide bonds. The maximum absolute atomic E-state index is 12.6. The zero-order valence-electron chi connectivity index (χ0n) is 11.5. The van der Waals surface area contributed by atoms with Gasteiger partial charge in [-0.2, -0.15) is 4.52 Å². The Morgan fingerprint density at radius 3 is 3.24 bits per heavy atom. The van der Waals surface area contributed by atoms with Gasteiger partial charge in [-0.15, -0.1) is 0 Å². The van der Waals surface area contributed by atoms with Gasteiger partial charge >= 0.3 is 0 Å². The molecule has 2 aromatic rings. The topological polar surface area (TPSA) is 62.6 Å². The van der Waals surface area contributed by atoms with Gasteiger partial charge in [-0.3, -0.25) is 14.8 Å². The average molecular weight is 324 g/mol. The quantitative estimate of drug-likeness (QED) is 0.845. The fourth-order valence-corrected chi connectivity index (χ4v) is 4.10. The molecule has 0 saturated carbocycles. The van der Waals surface area contributed by atoms with Gasteiger partial charge < -0.3 is 4.74 Å². The molecule has 2 aromatic heterocycles. The number of hydrogen-bond acceptors (Lipinski definition) is 6. The summed E-state index contributed by atoms with van der Waals surface area (Å²) in [6, 6.07) is 0. The number of rotatable bonds is 2.